The zero-order valence-electron chi connectivity index (χ0n) is 19.3. The van der Waals surface area contributed by atoms with Crippen molar-refractivity contribution in [2.45, 2.75) is 52.4 Å². The van der Waals surface area contributed by atoms with Gasteiger partial charge >= 0.3 is 0 Å². The SMILES string of the molecule is CC(C)CNCC(CCCN(C)CCc1ccccc1)(c1ccccc1)C(C)C. The quantitative estimate of drug-likeness (QED) is 0.463. The first kappa shape index (κ1) is 23.6. The second-order valence-corrected chi connectivity index (χ2v) is 9.34. The zero-order valence-corrected chi connectivity index (χ0v) is 19.3. The van der Waals surface area contributed by atoms with Gasteiger partial charge in [0.05, 0.1) is 0 Å². The lowest BCUT2D eigenvalue weighted by molar-refractivity contribution is 0.240. The molecule has 0 aliphatic carbocycles. The Morgan fingerprint density at radius 3 is 2.07 bits per heavy atom. The van der Waals surface area contributed by atoms with Gasteiger partial charge in [0.25, 0.3) is 0 Å². The lowest BCUT2D eigenvalue weighted by Crippen LogP contribution is -2.44. The van der Waals surface area contributed by atoms with E-state index in [2.05, 4.69) is 106 Å². The maximum Gasteiger partial charge on any atom is 0.0101 e. The first-order valence-corrected chi connectivity index (χ1v) is 11.4. The predicted molar refractivity (Wildman–Crippen MR) is 128 cm³/mol. The molecule has 0 aliphatic rings. The molecule has 0 heterocycles. The highest BCUT2D eigenvalue weighted by molar-refractivity contribution is 5.27. The summed E-state index contributed by atoms with van der Waals surface area (Å²) in [5.74, 6) is 1.28. The summed E-state index contributed by atoms with van der Waals surface area (Å²) in [5.41, 5.74) is 3.10. The minimum Gasteiger partial charge on any atom is -0.316 e. The number of nitrogens with zero attached hydrogens (tertiary/aromatic N) is 1. The van der Waals surface area contributed by atoms with Crippen LogP contribution < -0.4 is 5.32 Å². The Balaban J connectivity index is 1.97. The first-order chi connectivity index (χ1) is 13.9. The Bertz CT molecular complexity index is 665. The van der Waals surface area contributed by atoms with Crippen LogP contribution in [-0.4, -0.2) is 38.1 Å². The second-order valence-electron chi connectivity index (χ2n) is 9.34. The first-order valence-electron chi connectivity index (χ1n) is 11.4. The van der Waals surface area contributed by atoms with E-state index >= 15 is 0 Å². The molecule has 2 aromatic carbocycles. The van der Waals surface area contributed by atoms with E-state index in [0.29, 0.717) is 11.8 Å². The summed E-state index contributed by atoms with van der Waals surface area (Å²) in [5, 5.41) is 3.78. The van der Waals surface area contributed by atoms with Crippen LogP contribution in [0.2, 0.25) is 0 Å². The van der Waals surface area contributed by atoms with E-state index in [9.17, 15) is 0 Å². The van der Waals surface area contributed by atoms with Crippen LogP contribution in [0.4, 0.5) is 0 Å². The Morgan fingerprint density at radius 2 is 1.48 bits per heavy atom. The molecule has 29 heavy (non-hydrogen) atoms. The van der Waals surface area contributed by atoms with Gasteiger partial charge < -0.3 is 10.2 Å². The summed E-state index contributed by atoms with van der Waals surface area (Å²) >= 11 is 0. The van der Waals surface area contributed by atoms with Gasteiger partial charge in [0.1, 0.15) is 0 Å². The standard InChI is InChI=1S/C27H42N2/c1-23(2)21-28-22-27(24(3)4,26-15-10-7-11-16-26)18-12-19-29(5)20-17-25-13-8-6-9-14-25/h6-11,13-16,23-24,28H,12,17-22H2,1-5H3. The number of hydrogen-bond donors (Lipinski definition) is 1. The zero-order chi connectivity index (χ0) is 21.1. The van der Waals surface area contributed by atoms with Gasteiger partial charge in [0.15, 0.2) is 0 Å². The molecule has 0 fully saturated rings. The molecular formula is C27H42N2. The highest BCUT2D eigenvalue weighted by Gasteiger charge is 2.34. The minimum absolute atomic E-state index is 0.191. The highest BCUT2D eigenvalue weighted by atomic mass is 15.1. The molecule has 0 radical (unpaired) electrons. The fourth-order valence-electron chi connectivity index (χ4n) is 4.26. The summed E-state index contributed by atoms with van der Waals surface area (Å²) in [4.78, 5) is 2.49. The van der Waals surface area contributed by atoms with Crippen molar-refractivity contribution in [3.8, 4) is 0 Å². The Morgan fingerprint density at radius 1 is 0.862 bits per heavy atom. The van der Waals surface area contributed by atoms with Crippen molar-refractivity contribution in [2.75, 3.05) is 33.2 Å². The lowest BCUT2D eigenvalue weighted by Gasteiger charge is -2.39. The van der Waals surface area contributed by atoms with Crippen molar-refractivity contribution in [1.82, 2.24) is 10.2 Å². The third-order valence-electron chi connectivity index (χ3n) is 6.23. The van der Waals surface area contributed by atoms with Crippen molar-refractivity contribution in [1.29, 1.82) is 0 Å². The smallest absolute Gasteiger partial charge is 0.0101 e. The maximum atomic E-state index is 3.78. The summed E-state index contributed by atoms with van der Waals surface area (Å²) in [7, 11) is 2.26. The molecule has 0 aromatic heterocycles. The van der Waals surface area contributed by atoms with Crippen molar-refractivity contribution in [2.24, 2.45) is 11.8 Å². The molecule has 0 aliphatic heterocycles. The Labute approximate surface area is 179 Å². The van der Waals surface area contributed by atoms with Crippen molar-refractivity contribution < 1.29 is 0 Å². The molecule has 2 heteroatoms. The molecule has 1 atom stereocenters. The van der Waals surface area contributed by atoms with Crippen molar-refractivity contribution >= 4 is 0 Å². The second kappa shape index (κ2) is 12.1. The highest BCUT2D eigenvalue weighted by Crippen LogP contribution is 2.36. The fraction of sp³-hybridized carbons (Fsp3) is 0.556. The fourth-order valence-corrected chi connectivity index (χ4v) is 4.26. The Hall–Kier alpha value is -1.64. The van der Waals surface area contributed by atoms with E-state index in [-0.39, 0.29) is 5.41 Å². The summed E-state index contributed by atoms with van der Waals surface area (Å²) in [6.45, 7) is 13.8. The molecule has 2 aromatic rings. The van der Waals surface area contributed by atoms with Crippen LogP contribution in [-0.2, 0) is 11.8 Å². The Kier molecular flexibility index (Phi) is 9.90. The van der Waals surface area contributed by atoms with E-state index < -0.39 is 0 Å². The van der Waals surface area contributed by atoms with E-state index in [1.165, 1.54) is 24.0 Å². The molecule has 1 N–H and O–H groups in total. The van der Waals surface area contributed by atoms with E-state index in [0.717, 1.165) is 32.6 Å². The predicted octanol–water partition coefficient (Wildman–Crippen LogP) is 5.78. The van der Waals surface area contributed by atoms with Gasteiger partial charge in [-0.05, 0) is 62.4 Å². The third kappa shape index (κ3) is 7.60. The van der Waals surface area contributed by atoms with Gasteiger partial charge in [-0.3, -0.25) is 0 Å². The molecule has 0 saturated carbocycles. The van der Waals surface area contributed by atoms with Crippen LogP contribution in [0.25, 0.3) is 0 Å². The normalized spacial score (nSPS) is 13.9. The van der Waals surface area contributed by atoms with Crippen molar-refractivity contribution in [3.05, 3.63) is 71.8 Å². The molecule has 0 bridgehead atoms. The number of nitrogens with one attached hydrogen (secondary N) is 1. The average Bonchev–Trinajstić information content (AvgIpc) is 2.72. The maximum absolute atomic E-state index is 3.78. The van der Waals surface area contributed by atoms with Crippen LogP contribution in [0.3, 0.4) is 0 Å². The lowest BCUT2D eigenvalue weighted by atomic mass is 9.68. The van der Waals surface area contributed by atoms with Crippen LogP contribution in [0.5, 0.6) is 0 Å². The number of benzene rings is 2. The number of likely N-dealkylation sites (N-methyl/N-ethyl adjacent to an activating group) is 1. The van der Waals surface area contributed by atoms with E-state index in [4.69, 9.17) is 0 Å². The topological polar surface area (TPSA) is 15.3 Å². The van der Waals surface area contributed by atoms with Crippen LogP contribution >= 0.6 is 0 Å². The van der Waals surface area contributed by atoms with Gasteiger partial charge in [-0.2, -0.15) is 0 Å². The minimum atomic E-state index is 0.191. The van der Waals surface area contributed by atoms with Crippen LogP contribution in [0.1, 0.15) is 51.7 Å². The largest absolute Gasteiger partial charge is 0.316 e. The van der Waals surface area contributed by atoms with Gasteiger partial charge in [-0.1, -0.05) is 88.4 Å². The van der Waals surface area contributed by atoms with E-state index in [1.807, 2.05) is 0 Å². The van der Waals surface area contributed by atoms with Crippen LogP contribution in [0, 0.1) is 11.8 Å². The van der Waals surface area contributed by atoms with Gasteiger partial charge in [-0.15, -0.1) is 0 Å². The van der Waals surface area contributed by atoms with Gasteiger partial charge in [0.2, 0.25) is 0 Å². The number of rotatable bonds is 13. The molecular weight excluding hydrogens is 352 g/mol. The van der Waals surface area contributed by atoms with Crippen LogP contribution in [0.15, 0.2) is 60.7 Å². The van der Waals surface area contributed by atoms with Gasteiger partial charge in [-0.25, -0.2) is 0 Å². The molecule has 0 saturated heterocycles. The summed E-state index contributed by atoms with van der Waals surface area (Å²) in [6.07, 6.45) is 3.57. The van der Waals surface area contributed by atoms with E-state index in [1.54, 1.807) is 0 Å². The van der Waals surface area contributed by atoms with Gasteiger partial charge in [0, 0.05) is 18.5 Å². The molecule has 2 nitrogen and oxygen atoms in total. The molecule has 0 amide bonds. The monoisotopic (exact) mass is 394 g/mol. The molecule has 0 spiro atoms. The molecule has 1 unspecified atom stereocenters. The summed E-state index contributed by atoms with van der Waals surface area (Å²) in [6, 6.07) is 22.0. The third-order valence-corrected chi connectivity index (χ3v) is 6.23. The molecule has 160 valence electrons. The summed E-state index contributed by atoms with van der Waals surface area (Å²) < 4.78 is 0. The van der Waals surface area contributed by atoms with Crippen molar-refractivity contribution in [3.63, 3.8) is 0 Å². The average molecular weight is 395 g/mol. The number of hydrogen-bond acceptors (Lipinski definition) is 2. The molecule has 2 rings (SSSR count).